The van der Waals surface area contributed by atoms with Gasteiger partial charge in [0.15, 0.2) is 5.82 Å². The van der Waals surface area contributed by atoms with Crippen molar-refractivity contribution in [2.45, 2.75) is 6.18 Å². The number of hydrogen-bond donors (Lipinski definition) is 3. The third-order valence-electron chi connectivity index (χ3n) is 4.71. The number of H-pyrrole nitrogens is 1. The maximum absolute atomic E-state index is 12.4. The van der Waals surface area contributed by atoms with Crippen molar-refractivity contribution in [1.82, 2.24) is 29.3 Å². The van der Waals surface area contributed by atoms with E-state index in [4.69, 9.17) is 0 Å². The molecule has 0 fully saturated rings. The first-order chi connectivity index (χ1) is 17.2. The van der Waals surface area contributed by atoms with Crippen molar-refractivity contribution in [2.24, 2.45) is 0 Å². The van der Waals surface area contributed by atoms with Crippen molar-refractivity contribution < 1.29 is 27.6 Å². The quantitative estimate of drug-likeness (QED) is 0.311. The second-order valence-electron chi connectivity index (χ2n) is 7.25. The van der Waals surface area contributed by atoms with Crippen LogP contribution < -0.4 is 15.5 Å². The molecule has 0 bridgehead atoms. The summed E-state index contributed by atoms with van der Waals surface area (Å²) in [6, 6.07) is 12.3. The highest BCUT2D eigenvalue weighted by atomic mass is 32.1. The van der Waals surface area contributed by atoms with Gasteiger partial charge in [0, 0.05) is 33.9 Å². The SMILES string of the molecule is O=C(Nc1cccc(-c2nsc(Nc3ccc4[nH]ncc4c3)n2)c1)c1cn(OC(=O)C(F)(F)F)cn1. The third kappa shape index (κ3) is 5.00. The van der Waals surface area contributed by atoms with E-state index in [0.29, 0.717) is 26.9 Å². The molecule has 3 N–H and O–H groups in total. The highest BCUT2D eigenvalue weighted by Crippen LogP contribution is 2.27. The zero-order valence-electron chi connectivity index (χ0n) is 17.8. The van der Waals surface area contributed by atoms with Crippen molar-refractivity contribution >= 4 is 50.8 Å². The molecule has 0 atom stereocenters. The normalized spacial score (nSPS) is 11.4. The molecule has 5 rings (SSSR count). The summed E-state index contributed by atoms with van der Waals surface area (Å²) in [5, 5.41) is 14.1. The molecule has 0 unspecified atom stereocenters. The van der Waals surface area contributed by atoms with Crippen LogP contribution >= 0.6 is 11.5 Å². The first-order valence-electron chi connectivity index (χ1n) is 10.0. The Balaban J connectivity index is 1.25. The summed E-state index contributed by atoms with van der Waals surface area (Å²) in [6.45, 7) is 0. The predicted octanol–water partition coefficient (Wildman–Crippen LogP) is 3.79. The molecule has 3 aromatic heterocycles. The van der Waals surface area contributed by atoms with Crippen LogP contribution in [-0.2, 0) is 4.79 Å². The van der Waals surface area contributed by atoms with E-state index < -0.39 is 18.1 Å². The number of anilines is 3. The highest BCUT2D eigenvalue weighted by molar-refractivity contribution is 7.09. The summed E-state index contributed by atoms with van der Waals surface area (Å²) >= 11 is 1.16. The van der Waals surface area contributed by atoms with Crippen molar-refractivity contribution in [3.63, 3.8) is 0 Å². The van der Waals surface area contributed by atoms with Crippen LogP contribution in [0.1, 0.15) is 10.5 Å². The first-order valence-corrected chi connectivity index (χ1v) is 10.8. The maximum Gasteiger partial charge on any atom is 0.493 e. The number of nitrogens with one attached hydrogen (secondary N) is 3. The summed E-state index contributed by atoms with van der Waals surface area (Å²) in [5.74, 6) is -2.74. The molecular formula is C21H13F3N8O3S. The number of nitrogens with zero attached hydrogens (tertiary/aromatic N) is 5. The Kier molecular flexibility index (Phi) is 5.81. The van der Waals surface area contributed by atoms with Gasteiger partial charge in [-0.1, -0.05) is 12.1 Å². The van der Waals surface area contributed by atoms with Crippen LogP contribution in [0.3, 0.4) is 0 Å². The van der Waals surface area contributed by atoms with Gasteiger partial charge in [-0.3, -0.25) is 9.89 Å². The molecule has 11 nitrogen and oxygen atoms in total. The maximum atomic E-state index is 12.4. The third-order valence-corrected chi connectivity index (χ3v) is 5.34. The number of aromatic nitrogens is 6. The minimum Gasteiger partial charge on any atom is -0.330 e. The molecule has 0 saturated heterocycles. The Morgan fingerprint density at radius 3 is 2.81 bits per heavy atom. The minimum absolute atomic E-state index is 0.261. The molecule has 0 spiro atoms. The average Bonchev–Trinajstić information content (AvgIpc) is 3.59. The van der Waals surface area contributed by atoms with Crippen LogP contribution in [0, 0.1) is 0 Å². The van der Waals surface area contributed by atoms with E-state index >= 15 is 0 Å². The van der Waals surface area contributed by atoms with E-state index in [1.807, 2.05) is 18.2 Å². The topological polar surface area (TPSA) is 140 Å². The van der Waals surface area contributed by atoms with E-state index in [1.54, 1.807) is 30.5 Å². The van der Waals surface area contributed by atoms with Crippen LogP contribution in [0.4, 0.5) is 29.7 Å². The van der Waals surface area contributed by atoms with Gasteiger partial charge in [-0.25, -0.2) is 9.78 Å². The number of carbonyl (C=O) groups excluding carboxylic acids is 2. The van der Waals surface area contributed by atoms with E-state index in [-0.39, 0.29) is 5.69 Å². The number of halogens is 3. The summed E-state index contributed by atoms with van der Waals surface area (Å²) < 4.78 is 41.7. The molecule has 3 heterocycles. The van der Waals surface area contributed by atoms with Crippen LogP contribution in [0.15, 0.2) is 61.2 Å². The predicted molar refractivity (Wildman–Crippen MR) is 123 cm³/mol. The minimum atomic E-state index is -5.18. The number of carbonyl (C=O) groups is 2. The highest BCUT2D eigenvalue weighted by Gasteiger charge is 2.42. The first kappa shape index (κ1) is 23.0. The number of rotatable bonds is 6. The van der Waals surface area contributed by atoms with Gasteiger partial charge in [0.1, 0.15) is 12.0 Å². The smallest absolute Gasteiger partial charge is 0.330 e. The van der Waals surface area contributed by atoms with Crippen molar-refractivity contribution in [3.8, 4) is 11.4 Å². The molecule has 1 amide bonds. The zero-order valence-corrected chi connectivity index (χ0v) is 18.6. The van der Waals surface area contributed by atoms with Crippen molar-refractivity contribution in [1.29, 1.82) is 0 Å². The van der Waals surface area contributed by atoms with E-state index in [1.165, 1.54) is 0 Å². The van der Waals surface area contributed by atoms with Crippen LogP contribution in [0.25, 0.3) is 22.3 Å². The van der Waals surface area contributed by atoms with Crippen LogP contribution in [0.2, 0.25) is 0 Å². The summed E-state index contributed by atoms with van der Waals surface area (Å²) in [7, 11) is 0. The average molecular weight is 514 g/mol. The second-order valence-corrected chi connectivity index (χ2v) is 8.00. The lowest BCUT2D eigenvalue weighted by Crippen LogP contribution is -2.32. The summed E-state index contributed by atoms with van der Waals surface area (Å²) in [5.41, 5.74) is 2.45. The molecule has 0 aliphatic carbocycles. The number of benzene rings is 2. The van der Waals surface area contributed by atoms with Crippen LogP contribution in [0.5, 0.6) is 0 Å². The van der Waals surface area contributed by atoms with E-state index in [2.05, 4.69) is 40.0 Å². The number of imidazole rings is 1. The van der Waals surface area contributed by atoms with E-state index in [0.717, 1.165) is 40.6 Å². The van der Waals surface area contributed by atoms with E-state index in [9.17, 15) is 22.8 Å². The van der Waals surface area contributed by atoms with Gasteiger partial charge in [0.25, 0.3) is 5.91 Å². The standard InChI is InChI=1S/C21H13F3N8O3S/c22-21(23,24)19(34)35-32-9-16(25-10-32)18(33)27-13-3-1-2-11(6-13)17-29-20(36-31-17)28-14-4-5-15-12(7-14)8-26-30-15/h1-10H,(H,26,30)(H,27,33)(H,28,29,31). The van der Waals surface area contributed by atoms with Gasteiger partial charge in [0.2, 0.25) is 5.13 Å². The Morgan fingerprint density at radius 2 is 1.97 bits per heavy atom. The number of amides is 1. The number of alkyl halides is 3. The Hall–Kier alpha value is -4.79. The number of aromatic amines is 1. The fourth-order valence-corrected chi connectivity index (χ4v) is 3.70. The summed E-state index contributed by atoms with van der Waals surface area (Å²) in [4.78, 5) is 35.6. The van der Waals surface area contributed by atoms with Crippen molar-refractivity contribution in [2.75, 3.05) is 10.6 Å². The summed E-state index contributed by atoms with van der Waals surface area (Å²) in [6.07, 6.45) is -1.85. The Bertz CT molecular complexity index is 1580. The van der Waals surface area contributed by atoms with Gasteiger partial charge in [-0.2, -0.15) is 32.4 Å². The lowest BCUT2D eigenvalue weighted by Gasteiger charge is -2.06. The Labute approximate surface area is 203 Å². The van der Waals surface area contributed by atoms with Gasteiger partial charge in [0.05, 0.1) is 17.9 Å². The molecule has 0 radical (unpaired) electrons. The van der Waals surface area contributed by atoms with Gasteiger partial charge < -0.3 is 15.5 Å². The molecule has 0 aliphatic heterocycles. The molecule has 2 aromatic carbocycles. The lowest BCUT2D eigenvalue weighted by atomic mass is 10.2. The van der Waals surface area contributed by atoms with Gasteiger partial charge >= 0.3 is 12.1 Å². The molecular weight excluding hydrogens is 501 g/mol. The molecule has 15 heteroatoms. The Morgan fingerprint density at radius 1 is 1.11 bits per heavy atom. The fraction of sp³-hybridized carbons (Fsp3) is 0.0476. The molecule has 0 saturated carbocycles. The monoisotopic (exact) mass is 514 g/mol. The zero-order chi connectivity index (χ0) is 25.3. The molecule has 0 aliphatic rings. The van der Waals surface area contributed by atoms with Crippen molar-refractivity contribution in [3.05, 3.63) is 66.9 Å². The van der Waals surface area contributed by atoms with Gasteiger partial charge in [-0.05, 0) is 30.3 Å². The number of fused-ring (bicyclic) bond motifs is 1. The largest absolute Gasteiger partial charge is 0.493 e. The van der Waals surface area contributed by atoms with Crippen LogP contribution in [-0.4, -0.2) is 47.3 Å². The molecule has 182 valence electrons. The number of hydrogen-bond acceptors (Lipinski definition) is 9. The second kappa shape index (κ2) is 9.10. The fourth-order valence-electron chi connectivity index (χ4n) is 3.09. The van der Waals surface area contributed by atoms with Gasteiger partial charge in [-0.15, -0.1) is 0 Å². The lowest BCUT2D eigenvalue weighted by molar-refractivity contribution is -0.199. The molecule has 36 heavy (non-hydrogen) atoms. The molecule has 5 aromatic rings.